The number of anilines is 3. The van der Waals surface area contributed by atoms with Gasteiger partial charge in [-0.2, -0.15) is 0 Å². The van der Waals surface area contributed by atoms with Crippen LogP contribution < -0.4 is 11.1 Å². The molecule has 3 N–H and O–H groups in total. The second-order valence-corrected chi connectivity index (χ2v) is 5.95. The molecule has 2 aromatic heterocycles. The number of rotatable bonds is 4. The SMILES string of the molecule is Nc1cccnc1Nc1cccc(C=Cc2ccc3ccccc3n2)c1. The molecule has 126 valence electrons. The van der Waals surface area contributed by atoms with Crippen LogP contribution in [-0.4, -0.2) is 9.97 Å². The van der Waals surface area contributed by atoms with Crippen molar-refractivity contribution in [3.8, 4) is 0 Å². The van der Waals surface area contributed by atoms with Crippen LogP contribution in [0.5, 0.6) is 0 Å². The highest BCUT2D eigenvalue weighted by atomic mass is 15.0. The molecule has 0 atom stereocenters. The van der Waals surface area contributed by atoms with Crippen LogP contribution in [0.2, 0.25) is 0 Å². The molecule has 0 aliphatic rings. The number of hydrogen-bond acceptors (Lipinski definition) is 4. The van der Waals surface area contributed by atoms with Gasteiger partial charge >= 0.3 is 0 Å². The topological polar surface area (TPSA) is 63.8 Å². The molecule has 2 heterocycles. The summed E-state index contributed by atoms with van der Waals surface area (Å²) in [5, 5.41) is 4.39. The lowest BCUT2D eigenvalue weighted by atomic mass is 10.1. The first-order valence-corrected chi connectivity index (χ1v) is 8.39. The zero-order chi connectivity index (χ0) is 17.8. The monoisotopic (exact) mass is 338 g/mol. The van der Waals surface area contributed by atoms with E-state index in [1.807, 2.05) is 72.8 Å². The van der Waals surface area contributed by atoms with E-state index in [1.165, 1.54) is 0 Å². The van der Waals surface area contributed by atoms with Gasteiger partial charge in [-0.15, -0.1) is 0 Å². The zero-order valence-corrected chi connectivity index (χ0v) is 14.1. The Kier molecular flexibility index (Phi) is 4.31. The van der Waals surface area contributed by atoms with Crippen molar-refractivity contribution < 1.29 is 0 Å². The summed E-state index contributed by atoms with van der Waals surface area (Å²) in [4.78, 5) is 8.92. The van der Waals surface area contributed by atoms with E-state index in [4.69, 9.17) is 5.73 Å². The molecule has 0 aliphatic heterocycles. The minimum atomic E-state index is 0.619. The van der Waals surface area contributed by atoms with E-state index >= 15 is 0 Å². The van der Waals surface area contributed by atoms with E-state index in [1.54, 1.807) is 6.20 Å². The number of aromatic nitrogens is 2. The lowest BCUT2D eigenvalue weighted by Gasteiger charge is -2.08. The van der Waals surface area contributed by atoms with Crippen molar-refractivity contribution in [3.63, 3.8) is 0 Å². The fraction of sp³-hybridized carbons (Fsp3) is 0. The summed E-state index contributed by atoms with van der Waals surface area (Å²) in [6.07, 6.45) is 5.78. The summed E-state index contributed by atoms with van der Waals surface area (Å²) in [6, 6.07) is 23.9. The third-order valence-electron chi connectivity index (χ3n) is 4.05. The molecule has 4 rings (SSSR count). The largest absolute Gasteiger partial charge is 0.396 e. The Morgan fingerprint density at radius 1 is 0.846 bits per heavy atom. The standard InChI is InChI=1S/C22H18N4/c23-20-8-4-14-24-22(20)26-19-7-3-5-16(15-19)10-12-18-13-11-17-6-1-2-9-21(17)25-18/h1-15H,23H2,(H,24,26). The molecule has 0 saturated heterocycles. The lowest BCUT2D eigenvalue weighted by Crippen LogP contribution is -1.98. The molecule has 0 bridgehead atoms. The number of nitrogens with two attached hydrogens (primary N) is 1. The molecule has 2 aromatic carbocycles. The maximum Gasteiger partial charge on any atom is 0.153 e. The predicted molar refractivity (Wildman–Crippen MR) is 109 cm³/mol. The average molecular weight is 338 g/mol. The summed E-state index contributed by atoms with van der Waals surface area (Å²) in [5.74, 6) is 0.657. The Morgan fingerprint density at radius 3 is 2.69 bits per heavy atom. The van der Waals surface area contributed by atoms with Crippen LogP contribution >= 0.6 is 0 Å². The normalized spacial score (nSPS) is 11.1. The first-order valence-electron chi connectivity index (χ1n) is 8.39. The molecule has 4 aromatic rings. The number of hydrogen-bond donors (Lipinski definition) is 2. The number of nitrogens with one attached hydrogen (secondary N) is 1. The summed E-state index contributed by atoms with van der Waals surface area (Å²) >= 11 is 0. The van der Waals surface area contributed by atoms with Crippen molar-refractivity contribution in [2.45, 2.75) is 0 Å². The minimum Gasteiger partial charge on any atom is -0.396 e. The molecule has 0 fully saturated rings. The first-order chi connectivity index (χ1) is 12.8. The zero-order valence-electron chi connectivity index (χ0n) is 14.1. The van der Waals surface area contributed by atoms with Gasteiger partial charge in [-0.1, -0.05) is 42.5 Å². The van der Waals surface area contributed by atoms with Gasteiger partial charge in [0.05, 0.1) is 16.9 Å². The van der Waals surface area contributed by atoms with Gasteiger partial charge in [-0.05, 0) is 48.0 Å². The molecule has 26 heavy (non-hydrogen) atoms. The molecule has 0 radical (unpaired) electrons. The number of fused-ring (bicyclic) bond motifs is 1. The predicted octanol–water partition coefficient (Wildman–Crippen LogP) is 5.13. The van der Waals surface area contributed by atoms with Crippen LogP contribution in [0.1, 0.15) is 11.3 Å². The molecule has 4 nitrogen and oxygen atoms in total. The van der Waals surface area contributed by atoms with Crippen molar-refractivity contribution in [3.05, 3.63) is 90.3 Å². The van der Waals surface area contributed by atoms with Gasteiger partial charge in [0.15, 0.2) is 5.82 Å². The second-order valence-electron chi connectivity index (χ2n) is 5.95. The van der Waals surface area contributed by atoms with E-state index in [-0.39, 0.29) is 0 Å². The van der Waals surface area contributed by atoms with Gasteiger partial charge in [0, 0.05) is 17.3 Å². The van der Waals surface area contributed by atoms with E-state index in [2.05, 4.69) is 27.4 Å². The third kappa shape index (κ3) is 3.54. The summed E-state index contributed by atoms with van der Waals surface area (Å²) in [5.41, 5.74) is 10.5. The Morgan fingerprint density at radius 2 is 1.77 bits per heavy atom. The molecule has 0 saturated carbocycles. The molecule has 0 unspecified atom stereocenters. The van der Waals surface area contributed by atoms with E-state index in [0.717, 1.165) is 27.8 Å². The Hall–Kier alpha value is -3.66. The van der Waals surface area contributed by atoms with E-state index in [9.17, 15) is 0 Å². The van der Waals surface area contributed by atoms with Gasteiger partial charge in [-0.3, -0.25) is 0 Å². The van der Waals surface area contributed by atoms with Crippen LogP contribution in [0.4, 0.5) is 17.2 Å². The number of pyridine rings is 2. The van der Waals surface area contributed by atoms with E-state index in [0.29, 0.717) is 11.5 Å². The Labute approximate surface area is 152 Å². The Balaban J connectivity index is 1.56. The van der Waals surface area contributed by atoms with E-state index < -0.39 is 0 Å². The summed E-state index contributed by atoms with van der Waals surface area (Å²) in [6.45, 7) is 0. The van der Waals surface area contributed by atoms with Crippen molar-refractivity contribution in [1.29, 1.82) is 0 Å². The van der Waals surface area contributed by atoms with Gasteiger partial charge in [0.2, 0.25) is 0 Å². The average Bonchev–Trinajstić information content (AvgIpc) is 2.68. The van der Waals surface area contributed by atoms with Gasteiger partial charge in [0.1, 0.15) is 0 Å². The molecule has 4 heteroatoms. The van der Waals surface area contributed by atoms with Crippen molar-refractivity contribution >= 4 is 40.2 Å². The van der Waals surface area contributed by atoms with Crippen LogP contribution in [0, 0.1) is 0 Å². The molecular weight excluding hydrogens is 320 g/mol. The summed E-state index contributed by atoms with van der Waals surface area (Å²) in [7, 11) is 0. The fourth-order valence-electron chi connectivity index (χ4n) is 2.74. The fourth-order valence-corrected chi connectivity index (χ4v) is 2.74. The minimum absolute atomic E-state index is 0.619. The van der Waals surface area contributed by atoms with Gasteiger partial charge in [-0.25, -0.2) is 9.97 Å². The van der Waals surface area contributed by atoms with Crippen LogP contribution in [-0.2, 0) is 0 Å². The second kappa shape index (κ2) is 7.07. The van der Waals surface area contributed by atoms with Crippen molar-refractivity contribution in [1.82, 2.24) is 9.97 Å². The summed E-state index contributed by atoms with van der Waals surface area (Å²) < 4.78 is 0. The highest BCUT2D eigenvalue weighted by molar-refractivity contribution is 5.81. The maximum absolute atomic E-state index is 5.94. The molecule has 0 aliphatic carbocycles. The Bertz CT molecular complexity index is 1090. The van der Waals surface area contributed by atoms with Crippen LogP contribution in [0.25, 0.3) is 23.1 Å². The smallest absolute Gasteiger partial charge is 0.153 e. The number of nitrogen functional groups attached to an aromatic ring is 1. The molecule has 0 amide bonds. The van der Waals surface area contributed by atoms with Gasteiger partial charge < -0.3 is 11.1 Å². The maximum atomic E-state index is 5.94. The van der Waals surface area contributed by atoms with Crippen molar-refractivity contribution in [2.75, 3.05) is 11.1 Å². The van der Waals surface area contributed by atoms with Gasteiger partial charge in [0.25, 0.3) is 0 Å². The number of benzene rings is 2. The number of para-hydroxylation sites is 1. The van der Waals surface area contributed by atoms with Crippen LogP contribution in [0.3, 0.4) is 0 Å². The molecule has 0 spiro atoms. The quantitative estimate of drug-likeness (QED) is 0.542. The van der Waals surface area contributed by atoms with Crippen molar-refractivity contribution in [2.24, 2.45) is 0 Å². The lowest BCUT2D eigenvalue weighted by molar-refractivity contribution is 1.31. The molecular formula is C22H18N4. The highest BCUT2D eigenvalue weighted by Crippen LogP contribution is 2.21. The van der Waals surface area contributed by atoms with Crippen LogP contribution in [0.15, 0.2) is 79.0 Å². The third-order valence-corrected chi connectivity index (χ3v) is 4.05. The first kappa shape index (κ1) is 15.8. The highest BCUT2D eigenvalue weighted by Gasteiger charge is 2.00. The number of nitrogens with zero attached hydrogens (tertiary/aromatic N) is 2.